The van der Waals surface area contributed by atoms with E-state index in [0.29, 0.717) is 6.42 Å². The summed E-state index contributed by atoms with van der Waals surface area (Å²) in [5.74, 6) is -1.63. The number of esters is 2. The molecular weight excluding hydrogens is 296 g/mol. The standard InChI is InChI=1S/C15H19F2NO4/c1-5-7-8-10(14(19)21-3)9(6-2)18-12(13(16)17)11(8)15(20)22-4/h13H,5-7H2,1-4H3. The lowest BCUT2D eigenvalue weighted by molar-refractivity contribution is 0.0582. The summed E-state index contributed by atoms with van der Waals surface area (Å²) in [6.07, 6.45) is -1.85. The second-order valence-corrected chi connectivity index (χ2v) is 4.56. The highest BCUT2D eigenvalue weighted by Gasteiger charge is 2.31. The minimum absolute atomic E-state index is 0.0802. The molecule has 1 heterocycles. The van der Waals surface area contributed by atoms with Gasteiger partial charge in [0.2, 0.25) is 0 Å². The molecular formula is C15H19F2NO4. The SMILES string of the molecule is CCCc1c(C(=O)OC)c(CC)nc(C(F)F)c1C(=O)OC. The molecule has 1 aromatic heterocycles. The van der Waals surface area contributed by atoms with Crippen molar-refractivity contribution in [1.82, 2.24) is 4.98 Å². The smallest absolute Gasteiger partial charge is 0.340 e. The third-order valence-corrected chi connectivity index (χ3v) is 3.22. The molecule has 0 unspecified atom stereocenters. The van der Waals surface area contributed by atoms with Crippen molar-refractivity contribution in [3.63, 3.8) is 0 Å². The highest BCUT2D eigenvalue weighted by Crippen LogP contribution is 2.30. The van der Waals surface area contributed by atoms with Crippen molar-refractivity contribution in [2.45, 2.75) is 39.5 Å². The van der Waals surface area contributed by atoms with E-state index in [4.69, 9.17) is 4.74 Å². The zero-order valence-electron chi connectivity index (χ0n) is 13.0. The van der Waals surface area contributed by atoms with Gasteiger partial charge in [-0.1, -0.05) is 20.3 Å². The first kappa shape index (κ1) is 18.0. The number of alkyl halides is 2. The van der Waals surface area contributed by atoms with Crippen LogP contribution in [0.5, 0.6) is 0 Å². The van der Waals surface area contributed by atoms with Crippen LogP contribution in [0.3, 0.4) is 0 Å². The number of ether oxygens (including phenoxy) is 2. The Bertz CT molecular complexity index is 573. The molecule has 0 N–H and O–H groups in total. The molecule has 0 aromatic carbocycles. The topological polar surface area (TPSA) is 65.5 Å². The van der Waals surface area contributed by atoms with Crippen molar-refractivity contribution in [1.29, 1.82) is 0 Å². The summed E-state index contributed by atoms with van der Waals surface area (Å²) in [4.78, 5) is 27.8. The van der Waals surface area contributed by atoms with E-state index in [-0.39, 0.29) is 35.2 Å². The third-order valence-electron chi connectivity index (χ3n) is 3.22. The van der Waals surface area contributed by atoms with Gasteiger partial charge >= 0.3 is 11.9 Å². The molecule has 0 saturated heterocycles. The Morgan fingerprint density at radius 3 is 2.05 bits per heavy atom. The van der Waals surface area contributed by atoms with Crippen LogP contribution in [0.25, 0.3) is 0 Å². The molecule has 0 bridgehead atoms. The van der Waals surface area contributed by atoms with Gasteiger partial charge in [0.25, 0.3) is 6.43 Å². The Balaban J connectivity index is 3.83. The number of methoxy groups -OCH3 is 2. The quantitative estimate of drug-likeness (QED) is 0.755. The summed E-state index contributed by atoms with van der Waals surface area (Å²) in [5.41, 5.74) is -0.505. The maximum absolute atomic E-state index is 13.3. The van der Waals surface area contributed by atoms with Crippen LogP contribution in [0.15, 0.2) is 0 Å². The summed E-state index contributed by atoms with van der Waals surface area (Å²) in [7, 11) is 2.29. The molecule has 0 aliphatic carbocycles. The highest BCUT2D eigenvalue weighted by molar-refractivity contribution is 5.99. The van der Waals surface area contributed by atoms with E-state index in [9.17, 15) is 18.4 Å². The van der Waals surface area contributed by atoms with E-state index in [1.807, 2.05) is 6.92 Å². The average Bonchev–Trinajstić information content (AvgIpc) is 2.52. The fourth-order valence-corrected chi connectivity index (χ4v) is 2.30. The zero-order valence-corrected chi connectivity index (χ0v) is 13.0. The lowest BCUT2D eigenvalue weighted by Gasteiger charge is -2.18. The predicted molar refractivity (Wildman–Crippen MR) is 75.2 cm³/mol. The van der Waals surface area contributed by atoms with Gasteiger partial charge in [-0.3, -0.25) is 4.98 Å². The number of aryl methyl sites for hydroxylation is 1. The predicted octanol–water partition coefficient (Wildman–Crippen LogP) is 3.11. The number of halogens is 2. The molecule has 0 atom stereocenters. The zero-order chi connectivity index (χ0) is 16.9. The normalized spacial score (nSPS) is 10.7. The summed E-state index contributed by atoms with van der Waals surface area (Å²) < 4.78 is 35.9. The molecule has 0 spiro atoms. The molecule has 0 fully saturated rings. The van der Waals surface area contributed by atoms with Crippen LogP contribution < -0.4 is 0 Å². The second-order valence-electron chi connectivity index (χ2n) is 4.56. The van der Waals surface area contributed by atoms with Crippen LogP contribution in [-0.4, -0.2) is 31.1 Å². The third kappa shape index (κ3) is 3.40. The number of hydrogen-bond donors (Lipinski definition) is 0. The summed E-state index contributed by atoms with van der Waals surface area (Å²) in [6.45, 7) is 3.51. The molecule has 0 radical (unpaired) electrons. The summed E-state index contributed by atoms with van der Waals surface area (Å²) in [6, 6.07) is 0. The van der Waals surface area contributed by atoms with Gasteiger partial charge in [-0.05, 0) is 18.4 Å². The van der Waals surface area contributed by atoms with E-state index >= 15 is 0 Å². The van der Waals surface area contributed by atoms with Crippen LogP contribution >= 0.6 is 0 Å². The number of carbonyl (C=O) groups is 2. The maximum atomic E-state index is 13.3. The van der Waals surface area contributed by atoms with Gasteiger partial charge in [-0.15, -0.1) is 0 Å². The van der Waals surface area contributed by atoms with Gasteiger partial charge in [-0.2, -0.15) is 0 Å². The van der Waals surface area contributed by atoms with Crippen molar-refractivity contribution < 1.29 is 27.8 Å². The number of hydrogen-bond acceptors (Lipinski definition) is 5. The summed E-state index contributed by atoms with van der Waals surface area (Å²) >= 11 is 0. The number of nitrogens with zero attached hydrogens (tertiary/aromatic N) is 1. The van der Waals surface area contributed by atoms with Gasteiger partial charge in [-0.25, -0.2) is 18.4 Å². The van der Waals surface area contributed by atoms with Crippen LogP contribution in [-0.2, 0) is 22.3 Å². The Kier molecular flexibility index (Phi) is 6.39. The van der Waals surface area contributed by atoms with E-state index < -0.39 is 24.1 Å². The monoisotopic (exact) mass is 315 g/mol. The Labute approximate surface area is 127 Å². The van der Waals surface area contributed by atoms with Crippen LogP contribution in [0.1, 0.15) is 64.4 Å². The van der Waals surface area contributed by atoms with Crippen molar-refractivity contribution in [2.24, 2.45) is 0 Å². The lowest BCUT2D eigenvalue weighted by atomic mass is 9.93. The Morgan fingerprint density at radius 2 is 1.64 bits per heavy atom. The second kappa shape index (κ2) is 7.82. The van der Waals surface area contributed by atoms with Crippen molar-refractivity contribution >= 4 is 11.9 Å². The number of rotatable bonds is 6. The van der Waals surface area contributed by atoms with E-state index in [1.165, 1.54) is 7.11 Å². The first-order valence-electron chi connectivity index (χ1n) is 6.93. The largest absolute Gasteiger partial charge is 0.465 e. The van der Waals surface area contributed by atoms with Gasteiger partial charge < -0.3 is 9.47 Å². The fraction of sp³-hybridized carbons (Fsp3) is 0.533. The minimum atomic E-state index is -2.94. The molecule has 0 saturated carbocycles. The first-order valence-corrected chi connectivity index (χ1v) is 6.93. The van der Waals surface area contributed by atoms with Crippen LogP contribution in [0.4, 0.5) is 8.78 Å². The van der Waals surface area contributed by atoms with E-state index in [2.05, 4.69) is 9.72 Å². The Hall–Kier alpha value is -2.05. The highest BCUT2D eigenvalue weighted by atomic mass is 19.3. The van der Waals surface area contributed by atoms with Crippen molar-refractivity contribution in [3.8, 4) is 0 Å². The molecule has 5 nitrogen and oxygen atoms in total. The molecule has 1 aromatic rings. The van der Waals surface area contributed by atoms with E-state index in [1.54, 1.807) is 6.92 Å². The fourth-order valence-electron chi connectivity index (χ4n) is 2.30. The van der Waals surface area contributed by atoms with Gasteiger partial charge in [0, 0.05) is 0 Å². The van der Waals surface area contributed by atoms with Crippen LogP contribution in [0.2, 0.25) is 0 Å². The van der Waals surface area contributed by atoms with E-state index in [0.717, 1.165) is 7.11 Å². The molecule has 1 rings (SSSR count). The van der Waals surface area contributed by atoms with Crippen molar-refractivity contribution in [3.05, 3.63) is 28.1 Å². The summed E-state index contributed by atoms with van der Waals surface area (Å²) in [5, 5.41) is 0. The molecule has 7 heteroatoms. The molecule has 22 heavy (non-hydrogen) atoms. The van der Waals surface area contributed by atoms with Gasteiger partial charge in [0.05, 0.1) is 31.0 Å². The number of carbonyl (C=O) groups excluding carboxylic acids is 2. The first-order chi connectivity index (χ1) is 10.4. The number of aromatic nitrogens is 1. The van der Waals surface area contributed by atoms with Crippen LogP contribution in [0, 0.1) is 0 Å². The molecule has 0 aliphatic rings. The molecule has 0 amide bonds. The average molecular weight is 315 g/mol. The Morgan fingerprint density at radius 1 is 1.09 bits per heavy atom. The molecule has 122 valence electrons. The maximum Gasteiger partial charge on any atom is 0.340 e. The number of pyridine rings is 1. The minimum Gasteiger partial charge on any atom is -0.465 e. The van der Waals surface area contributed by atoms with Gasteiger partial charge in [0.15, 0.2) is 0 Å². The molecule has 0 aliphatic heterocycles. The van der Waals surface area contributed by atoms with Crippen molar-refractivity contribution in [2.75, 3.05) is 14.2 Å². The lowest BCUT2D eigenvalue weighted by Crippen LogP contribution is -2.20. The van der Waals surface area contributed by atoms with Gasteiger partial charge in [0.1, 0.15) is 5.69 Å².